The molecule has 1 aromatic carbocycles. The van der Waals surface area contributed by atoms with Gasteiger partial charge in [-0.25, -0.2) is 0 Å². The van der Waals surface area contributed by atoms with E-state index < -0.39 is 5.54 Å². The number of hydrogen-bond acceptors (Lipinski definition) is 3. The van der Waals surface area contributed by atoms with Gasteiger partial charge in [0.2, 0.25) is 0 Å². The molecule has 1 saturated carbocycles. The molecule has 0 radical (unpaired) electrons. The number of hydrogen-bond donors (Lipinski definition) is 2. The van der Waals surface area contributed by atoms with Gasteiger partial charge in [0, 0.05) is 0 Å². The zero-order valence-corrected chi connectivity index (χ0v) is 13.3. The molecule has 0 aromatic heterocycles. The Hall–Kier alpha value is -0.900. The molecule has 0 amide bonds. The molecule has 2 N–H and O–H groups in total. The second kappa shape index (κ2) is 7.92. The van der Waals surface area contributed by atoms with Crippen LogP contribution in [0.4, 0.5) is 0 Å². The van der Waals surface area contributed by atoms with Crippen LogP contribution in [0.15, 0.2) is 30.3 Å². The van der Waals surface area contributed by atoms with E-state index in [-0.39, 0.29) is 6.61 Å². The Balaban J connectivity index is 2.02. The highest BCUT2D eigenvalue weighted by molar-refractivity contribution is 5.25. The first-order valence-corrected chi connectivity index (χ1v) is 8.23. The highest BCUT2D eigenvalue weighted by Crippen LogP contribution is 2.28. The van der Waals surface area contributed by atoms with Crippen molar-refractivity contribution in [2.45, 2.75) is 51.2 Å². The Morgan fingerprint density at radius 3 is 2.43 bits per heavy atom. The first-order chi connectivity index (χ1) is 10.2. The number of benzene rings is 1. The van der Waals surface area contributed by atoms with Crippen LogP contribution in [0.2, 0.25) is 0 Å². The van der Waals surface area contributed by atoms with Gasteiger partial charge in [-0.05, 0) is 43.7 Å². The molecule has 1 aromatic rings. The molecule has 0 heterocycles. The molecule has 2 rings (SSSR count). The van der Waals surface area contributed by atoms with Crippen LogP contribution in [0.3, 0.4) is 0 Å². The summed E-state index contributed by atoms with van der Waals surface area (Å²) in [5, 5.41) is 13.4. The zero-order valence-electron chi connectivity index (χ0n) is 13.3. The van der Waals surface area contributed by atoms with Gasteiger partial charge in [0.05, 0.1) is 24.9 Å². The highest BCUT2D eigenvalue weighted by atomic mass is 16.5. The minimum absolute atomic E-state index is 0.0496. The summed E-state index contributed by atoms with van der Waals surface area (Å²) in [4.78, 5) is 0. The summed E-state index contributed by atoms with van der Waals surface area (Å²) in [6.07, 6.45) is 5.13. The van der Waals surface area contributed by atoms with Gasteiger partial charge in [0.1, 0.15) is 0 Å². The van der Waals surface area contributed by atoms with E-state index in [0.29, 0.717) is 12.7 Å². The van der Waals surface area contributed by atoms with Crippen LogP contribution >= 0.6 is 0 Å². The number of likely N-dealkylation sites (N-methyl/N-ethyl adjacent to an activating group) is 1. The van der Waals surface area contributed by atoms with Crippen molar-refractivity contribution in [2.75, 3.05) is 19.8 Å². The number of ether oxygens (including phenoxy) is 1. The van der Waals surface area contributed by atoms with Crippen LogP contribution in [-0.4, -0.2) is 31.0 Å². The van der Waals surface area contributed by atoms with Crippen molar-refractivity contribution in [3.05, 3.63) is 35.9 Å². The predicted octanol–water partition coefficient (Wildman–Crippen LogP) is 3.08. The first-order valence-electron chi connectivity index (χ1n) is 8.23. The van der Waals surface area contributed by atoms with Gasteiger partial charge in [0.25, 0.3) is 0 Å². The molecule has 118 valence electrons. The largest absolute Gasteiger partial charge is 0.394 e. The zero-order chi connectivity index (χ0) is 15.1. The Bertz CT molecular complexity index is 401. The first kappa shape index (κ1) is 16.5. The van der Waals surface area contributed by atoms with Crippen molar-refractivity contribution in [1.29, 1.82) is 0 Å². The standard InChI is InChI=1S/C18H29NO2/c1-3-19-18(13-20,16-7-5-4-6-8-16)14-21-17-11-9-15(2)10-12-17/h4-8,15,17,19-20H,3,9-14H2,1-2H3. The minimum Gasteiger partial charge on any atom is -0.394 e. The Kier molecular flexibility index (Phi) is 6.22. The highest BCUT2D eigenvalue weighted by Gasteiger charge is 2.32. The van der Waals surface area contributed by atoms with Crippen molar-refractivity contribution < 1.29 is 9.84 Å². The van der Waals surface area contributed by atoms with E-state index in [4.69, 9.17) is 4.74 Å². The van der Waals surface area contributed by atoms with Crippen LogP contribution in [0.5, 0.6) is 0 Å². The van der Waals surface area contributed by atoms with E-state index >= 15 is 0 Å². The summed E-state index contributed by atoms with van der Waals surface area (Å²) >= 11 is 0. The summed E-state index contributed by atoms with van der Waals surface area (Å²) < 4.78 is 6.17. The fraction of sp³-hybridized carbons (Fsp3) is 0.667. The van der Waals surface area contributed by atoms with Gasteiger partial charge >= 0.3 is 0 Å². The number of aliphatic hydroxyl groups is 1. The molecule has 0 spiro atoms. The van der Waals surface area contributed by atoms with Crippen molar-refractivity contribution >= 4 is 0 Å². The molecular formula is C18H29NO2. The fourth-order valence-electron chi connectivity index (χ4n) is 3.18. The van der Waals surface area contributed by atoms with Crippen LogP contribution < -0.4 is 5.32 Å². The maximum absolute atomic E-state index is 9.99. The number of rotatable bonds is 7. The average Bonchev–Trinajstić information content (AvgIpc) is 2.54. The Morgan fingerprint density at radius 2 is 1.86 bits per heavy atom. The molecule has 3 nitrogen and oxygen atoms in total. The summed E-state index contributed by atoms with van der Waals surface area (Å²) in [6, 6.07) is 10.1. The molecule has 1 aliphatic rings. The van der Waals surface area contributed by atoms with E-state index in [2.05, 4.69) is 31.3 Å². The van der Waals surface area contributed by atoms with E-state index in [1.165, 1.54) is 12.8 Å². The third kappa shape index (κ3) is 4.29. The van der Waals surface area contributed by atoms with Crippen molar-refractivity contribution in [3.8, 4) is 0 Å². The van der Waals surface area contributed by atoms with Crippen molar-refractivity contribution in [2.24, 2.45) is 5.92 Å². The lowest BCUT2D eigenvalue weighted by molar-refractivity contribution is -0.0306. The second-order valence-corrected chi connectivity index (χ2v) is 6.33. The lowest BCUT2D eigenvalue weighted by atomic mass is 9.88. The fourth-order valence-corrected chi connectivity index (χ4v) is 3.18. The summed E-state index contributed by atoms with van der Waals surface area (Å²) in [5.74, 6) is 0.829. The van der Waals surface area contributed by atoms with E-state index in [9.17, 15) is 5.11 Å². The smallest absolute Gasteiger partial charge is 0.0906 e. The van der Waals surface area contributed by atoms with Crippen LogP contribution in [-0.2, 0) is 10.3 Å². The average molecular weight is 291 g/mol. The van der Waals surface area contributed by atoms with E-state index in [0.717, 1.165) is 30.9 Å². The topological polar surface area (TPSA) is 41.5 Å². The SMILES string of the molecule is CCNC(CO)(COC1CCC(C)CC1)c1ccccc1. The maximum Gasteiger partial charge on any atom is 0.0906 e. The molecular weight excluding hydrogens is 262 g/mol. The number of nitrogens with one attached hydrogen (secondary N) is 1. The predicted molar refractivity (Wildman–Crippen MR) is 86.3 cm³/mol. The monoisotopic (exact) mass is 291 g/mol. The van der Waals surface area contributed by atoms with Crippen molar-refractivity contribution in [1.82, 2.24) is 5.32 Å². The molecule has 3 heteroatoms. The summed E-state index contributed by atoms with van der Waals surface area (Å²) in [6.45, 7) is 5.77. The third-order valence-electron chi connectivity index (χ3n) is 4.64. The minimum atomic E-state index is -0.487. The molecule has 1 atom stereocenters. The van der Waals surface area contributed by atoms with Gasteiger partial charge in [-0.15, -0.1) is 0 Å². The lowest BCUT2D eigenvalue weighted by Crippen LogP contribution is -2.50. The third-order valence-corrected chi connectivity index (χ3v) is 4.64. The maximum atomic E-state index is 9.99. The van der Waals surface area contributed by atoms with Crippen molar-refractivity contribution in [3.63, 3.8) is 0 Å². The van der Waals surface area contributed by atoms with Gasteiger partial charge in [-0.1, -0.05) is 44.2 Å². The molecule has 1 unspecified atom stereocenters. The lowest BCUT2D eigenvalue weighted by Gasteiger charge is -2.36. The summed E-state index contributed by atoms with van der Waals surface area (Å²) in [5.41, 5.74) is 0.609. The van der Waals surface area contributed by atoms with Crippen LogP contribution in [0.25, 0.3) is 0 Å². The molecule has 21 heavy (non-hydrogen) atoms. The molecule has 0 aliphatic heterocycles. The van der Waals surface area contributed by atoms with Crippen LogP contribution in [0, 0.1) is 5.92 Å². The molecule has 0 bridgehead atoms. The summed E-state index contributed by atoms with van der Waals surface area (Å²) in [7, 11) is 0. The van der Waals surface area contributed by atoms with Gasteiger partial charge < -0.3 is 15.2 Å². The van der Waals surface area contributed by atoms with Crippen LogP contribution in [0.1, 0.15) is 45.1 Å². The molecule has 0 saturated heterocycles. The van der Waals surface area contributed by atoms with Gasteiger partial charge in [0.15, 0.2) is 0 Å². The Labute approximate surface area is 128 Å². The van der Waals surface area contributed by atoms with Gasteiger partial charge in [-0.2, -0.15) is 0 Å². The van der Waals surface area contributed by atoms with E-state index in [1.54, 1.807) is 0 Å². The van der Waals surface area contributed by atoms with Gasteiger partial charge in [-0.3, -0.25) is 0 Å². The molecule has 1 aliphatic carbocycles. The quantitative estimate of drug-likeness (QED) is 0.811. The molecule has 1 fully saturated rings. The van der Waals surface area contributed by atoms with E-state index in [1.807, 2.05) is 18.2 Å². The normalized spacial score (nSPS) is 25.5. The second-order valence-electron chi connectivity index (χ2n) is 6.33. The Morgan fingerprint density at radius 1 is 1.19 bits per heavy atom. The number of aliphatic hydroxyl groups excluding tert-OH is 1.